The first-order valence-electron chi connectivity index (χ1n) is 5.87. The van der Waals surface area contributed by atoms with E-state index in [0.717, 1.165) is 0 Å². The minimum absolute atomic E-state index is 0.280. The predicted molar refractivity (Wildman–Crippen MR) is 87.1 cm³/mol. The first kappa shape index (κ1) is 15.8. The Kier molecular flexibility index (Phi) is 5.17. The van der Waals surface area contributed by atoms with Gasteiger partial charge in [0.2, 0.25) is 0 Å². The van der Waals surface area contributed by atoms with Crippen LogP contribution in [-0.2, 0) is 0 Å². The van der Waals surface area contributed by atoms with Crippen molar-refractivity contribution in [2.45, 2.75) is 0 Å². The van der Waals surface area contributed by atoms with Gasteiger partial charge in [-0.3, -0.25) is 0 Å². The van der Waals surface area contributed by atoms with Gasteiger partial charge in [0.25, 0.3) is 0 Å². The number of ether oxygens (including phenoxy) is 1. The lowest BCUT2D eigenvalue weighted by Crippen LogP contribution is -2.19. The molecule has 0 heterocycles. The van der Waals surface area contributed by atoms with Gasteiger partial charge in [0.05, 0.1) is 27.9 Å². The number of urea groups is 1. The highest BCUT2D eigenvalue weighted by atomic mass is 35.5. The number of carbonyl (C=O) groups excluding carboxylic acids is 1. The van der Waals surface area contributed by atoms with Gasteiger partial charge in [0, 0.05) is 5.69 Å². The number of hydrogen-bond acceptors (Lipinski definition) is 2. The predicted octanol–water partition coefficient (Wildman–Crippen LogP) is 5.30. The highest BCUT2D eigenvalue weighted by molar-refractivity contribution is 6.44. The second kappa shape index (κ2) is 6.89. The van der Waals surface area contributed by atoms with E-state index in [-0.39, 0.29) is 5.02 Å². The molecule has 0 aliphatic rings. The topological polar surface area (TPSA) is 50.4 Å². The lowest BCUT2D eigenvalue weighted by molar-refractivity contribution is 0.262. The number of nitrogens with one attached hydrogen (secondary N) is 2. The van der Waals surface area contributed by atoms with Gasteiger partial charge >= 0.3 is 6.03 Å². The van der Waals surface area contributed by atoms with Crippen LogP contribution in [0.4, 0.5) is 16.2 Å². The molecule has 0 aliphatic carbocycles. The van der Waals surface area contributed by atoms with E-state index in [0.29, 0.717) is 27.2 Å². The number of benzene rings is 2. The molecule has 0 radical (unpaired) electrons. The van der Waals surface area contributed by atoms with Crippen LogP contribution < -0.4 is 15.4 Å². The van der Waals surface area contributed by atoms with E-state index >= 15 is 0 Å². The number of halogens is 3. The van der Waals surface area contributed by atoms with Crippen molar-refractivity contribution < 1.29 is 9.53 Å². The number of amides is 2. The molecule has 0 atom stereocenters. The molecule has 0 saturated heterocycles. The van der Waals surface area contributed by atoms with Crippen LogP contribution in [0, 0.1) is 0 Å². The maximum atomic E-state index is 11.9. The quantitative estimate of drug-likeness (QED) is 0.793. The summed E-state index contributed by atoms with van der Waals surface area (Å²) >= 11 is 17.9. The molecule has 2 aromatic carbocycles. The molecule has 0 spiro atoms. The Morgan fingerprint density at radius 1 is 1.05 bits per heavy atom. The smallest absolute Gasteiger partial charge is 0.323 e. The van der Waals surface area contributed by atoms with Crippen LogP contribution in [0.1, 0.15) is 0 Å². The van der Waals surface area contributed by atoms with Crippen molar-refractivity contribution in [2.75, 3.05) is 17.7 Å². The fourth-order valence-corrected chi connectivity index (χ4v) is 2.23. The average molecular weight is 346 g/mol. The molecule has 110 valence electrons. The molecular weight excluding hydrogens is 335 g/mol. The van der Waals surface area contributed by atoms with Crippen LogP contribution in [0.2, 0.25) is 15.1 Å². The van der Waals surface area contributed by atoms with Crippen LogP contribution in [0.15, 0.2) is 36.4 Å². The van der Waals surface area contributed by atoms with Crippen molar-refractivity contribution in [3.63, 3.8) is 0 Å². The molecule has 21 heavy (non-hydrogen) atoms. The van der Waals surface area contributed by atoms with E-state index in [1.54, 1.807) is 36.4 Å². The van der Waals surface area contributed by atoms with Crippen molar-refractivity contribution >= 4 is 52.2 Å². The number of methoxy groups -OCH3 is 1. The third kappa shape index (κ3) is 3.94. The van der Waals surface area contributed by atoms with Crippen molar-refractivity contribution in [3.05, 3.63) is 51.5 Å². The molecular formula is C14H11Cl3N2O2. The first-order chi connectivity index (χ1) is 10.0. The number of carbonyl (C=O) groups is 1. The van der Waals surface area contributed by atoms with Crippen LogP contribution in [0.3, 0.4) is 0 Å². The molecule has 0 bridgehead atoms. The summed E-state index contributed by atoms with van der Waals surface area (Å²) in [5.74, 6) is 0.528. The number of anilines is 2. The summed E-state index contributed by atoms with van der Waals surface area (Å²) < 4.78 is 5.04. The van der Waals surface area contributed by atoms with Crippen molar-refractivity contribution in [1.29, 1.82) is 0 Å². The minimum atomic E-state index is -0.458. The maximum Gasteiger partial charge on any atom is 0.323 e. The number of rotatable bonds is 3. The van der Waals surface area contributed by atoms with Gasteiger partial charge in [0.1, 0.15) is 5.75 Å². The summed E-state index contributed by atoms with van der Waals surface area (Å²) in [7, 11) is 1.52. The molecule has 7 heteroatoms. The molecule has 2 rings (SSSR count). The van der Waals surface area contributed by atoms with Gasteiger partial charge in [-0.05, 0) is 30.3 Å². The summed E-state index contributed by atoms with van der Waals surface area (Å²) in [5, 5.41) is 6.29. The van der Waals surface area contributed by atoms with E-state index in [9.17, 15) is 4.79 Å². The molecule has 4 nitrogen and oxygen atoms in total. The Morgan fingerprint density at radius 3 is 2.48 bits per heavy atom. The first-order valence-corrected chi connectivity index (χ1v) is 7.00. The van der Waals surface area contributed by atoms with Crippen LogP contribution in [0.5, 0.6) is 5.75 Å². The zero-order valence-electron chi connectivity index (χ0n) is 10.9. The summed E-state index contributed by atoms with van der Waals surface area (Å²) in [5.41, 5.74) is 0.942. The highest BCUT2D eigenvalue weighted by Crippen LogP contribution is 2.30. The van der Waals surface area contributed by atoms with Gasteiger partial charge < -0.3 is 15.4 Å². The lowest BCUT2D eigenvalue weighted by Gasteiger charge is -2.11. The molecule has 2 N–H and O–H groups in total. The van der Waals surface area contributed by atoms with E-state index < -0.39 is 6.03 Å². The van der Waals surface area contributed by atoms with E-state index in [4.69, 9.17) is 39.5 Å². The van der Waals surface area contributed by atoms with Crippen LogP contribution in [0.25, 0.3) is 0 Å². The highest BCUT2D eigenvalue weighted by Gasteiger charge is 2.09. The molecule has 2 amide bonds. The number of hydrogen-bond donors (Lipinski definition) is 2. The summed E-state index contributed by atoms with van der Waals surface area (Å²) in [6.07, 6.45) is 0. The molecule has 0 unspecified atom stereocenters. The van der Waals surface area contributed by atoms with E-state index in [1.165, 1.54) is 7.11 Å². The Balaban J connectivity index is 2.08. The van der Waals surface area contributed by atoms with E-state index in [2.05, 4.69) is 10.6 Å². The largest absolute Gasteiger partial charge is 0.495 e. The average Bonchev–Trinajstić information content (AvgIpc) is 2.44. The lowest BCUT2D eigenvalue weighted by atomic mass is 10.3. The summed E-state index contributed by atoms with van der Waals surface area (Å²) in [6, 6.07) is 9.42. The molecule has 0 fully saturated rings. The summed E-state index contributed by atoms with van der Waals surface area (Å²) in [6.45, 7) is 0. The zero-order chi connectivity index (χ0) is 15.4. The van der Waals surface area contributed by atoms with Gasteiger partial charge in [0.15, 0.2) is 0 Å². The third-order valence-corrected chi connectivity index (χ3v) is 3.72. The van der Waals surface area contributed by atoms with Crippen LogP contribution >= 0.6 is 34.8 Å². The van der Waals surface area contributed by atoms with Crippen LogP contribution in [-0.4, -0.2) is 13.1 Å². The van der Waals surface area contributed by atoms with Crippen molar-refractivity contribution in [1.82, 2.24) is 0 Å². The standard InChI is InChI=1S/C14H11Cl3N2O2/c1-21-12-6-5-8(7-10(12)16)18-14(20)19-11-4-2-3-9(15)13(11)17/h2-7H,1H3,(H2,18,19,20). The van der Waals surface area contributed by atoms with Crippen molar-refractivity contribution in [3.8, 4) is 5.75 Å². The second-order valence-electron chi connectivity index (χ2n) is 4.03. The Morgan fingerprint density at radius 2 is 1.81 bits per heavy atom. The minimum Gasteiger partial charge on any atom is -0.495 e. The molecule has 0 aromatic heterocycles. The second-order valence-corrected chi connectivity index (χ2v) is 5.22. The fourth-order valence-electron chi connectivity index (χ4n) is 1.63. The van der Waals surface area contributed by atoms with Gasteiger partial charge in [-0.25, -0.2) is 4.79 Å². The fraction of sp³-hybridized carbons (Fsp3) is 0.0714. The SMILES string of the molecule is COc1ccc(NC(=O)Nc2cccc(Cl)c2Cl)cc1Cl. The third-order valence-electron chi connectivity index (χ3n) is 2.61. The Hall–Kier alpha value is -1.62. The summed E-state index contributed by atoms with van der Waals surface area (Å²) in [4.78, 5) is 11.9. The molecule has 0 aliphatic heterocycles. The Bertz CT molecular complexity index is 677. The zero-order valence-corrected chi connectivity index (χ0v) is 13.2. The van der Waals surface area contributed by atoms with Gasteiger partial charge in [-0.2, -0.15) is 0 Å². The normalized spacial score (nSPS) is 10.1. The van der Waals surface area contributed by atoms with E-state index in [1.807, 2.05) is 0 Å². The maximum absolute atomic E-state index is 11.9. The van der Waals surface area contributed by atoms with Gasteiger partial charge in [-0.1, -0.05) is 40.9 Å². The van der Waals surface area contributed by atoms with Gasteiger partial charge in [-0.15, -0.1) is 0 Å². The van der Waals surface area contributed by atoms with Crippen molar-refractivity contribution in [2.24, 2.45) is 0 Å². The Labute approximate surface area is 137 Å². The molecule has 0 saturated carbocycles. The molecule has 2 aromatic rings. The monoisotopic (exact) mass is 344 g/mol.